The fraction of sp³-hybridized carbons (Fsp3) is 0.133. The van der Waals surface area contributed by atoms with Crippen LogP contribution in [0, 0.1) is 0 Å². The summed E-state index contributed by atoms with van der Waals surface area (Å²) in [5, 5.41) is 5.95. The molecule has 0 aliphatic heterocycles. The van der Waals surface area contributed by atoms with Crippen LogP contribution in [0.4, 0.5) is 5.69 Å². The van der Waals surface area contributed by atoms with Gasteiger partial charge >= 0.3 is 0 Å². The van der Waals surface area contributed by atoms with Crippen molar-refractivity contribution in [2.75, 3.05) is 5.32 Å². The third kappa shape index (κ3) is 3.61. The Balaban J connectivity index is 1.75. The second-order valence-electron chi connectivity index (χ2n) is 4.66. The van der Waals surface area contributed by atoms with E-state index < -0.39 is 0 Å². The van der Waals surface area contributed by atoms with Gasteiger partial charge in [0.1, 0.15) is 11.4 Å². The summed E-state index contributed by atoms with van der Waals surface area (Å²) in [4.78, 5) is 20.9. The molecule has 0 bridgehead atoms. The Morgan fingerprint density at radius 2 is 2.13 bits per heavy atom. The van der Waals surface area contributed by atoms with Crippen molar-refractivity contribution >= 4 is 68.1 Å². The zero-order valence-corrected chi connectivity index (χ0v) is 15.1. The highest BCUT2D eigenvalue weighted by atomic mass is 35.5. The maximum absolute atomic E-state index is 12.4. The molecule has 1 atom stereocenters. The van der Waals surface area contributed by atoms with Crippen molar-refractivity contribution in [3.63, 3.8) is 0 Å². The van der Waals surface area contributed by atoms with Gasteiger partial charge in [0.05, 0.1) is 31.2 Å². The Morgan fingerprint density at radius 1 is 1.30 bits per heavy atom. The van der Waals surface area contributed by atoms with Crippen molar-refractivity contribution < 1.29 is 4.79 Å². The molecule has 0 spiro atoms. The largest absolute Gasteiger partial charge is 0.324 e. The lowest BCUT2D eigenvalue weighted by Gasteiger charge is -2.13. The zero-order valence-electron chi connectivity index (χ0n) is 11.9. The van der Waals surface area contributed by atoms with Crippen LogP contribution < -0.4 is 5.32 Å². The highest BCUT2D eigenvalue weighted by molar-refractivity contribution is 8.00. The first-order valence-electron chi connectivity index (χ1n) is 6.66. The molecule has 1 aromatic carbocycles. The molecule has 118 valence electrons. The summed E-state index contributed by atoms with van der Waals surface area (Å²) in [5.41, 5.74) is 1.39. The van der Waals surface area contributed by atoms with Crippen molar-refractivity contribution in [2.45, 2.75) is 17.2 Å². The molecule has 23 heavy (non-hydrogen) atoms. The highest BCUT2D eigenvalue weighted by Gasteiger charge is 2.18. The van der Waals surface area contributed by atoms with Crippen LogP contribution in [0.3, 0.4) is 0 Å². The minimum absolute atomic E-state index is 0.164. The van der Waals surface area contributed by atoms with Gasteiger partial charge in [0.2, 0.25) is 5.91 Å². The van der Waals surface area contributed by atoms with Gasteiger partial charge in [-0.3, -0.25) is 4.79 Å². The van der Waals surface area contributed by atoms with Crippen molar-refractivity contribution in [3.8, 4) is 0 Å². The first kappa shape index (κ1) is 16.5. The van der Waals surface area contributed by atoms with E-state index in [1.807, 2.05) is 18.4 Å². The number of amides is 1. The number of thioether (sulfide) groups is 1. The minimum Gasteiger partial charge on any atom is -0.324 e. The topological polar surface area (TPSA) is 54.9 Å². The number of nitrogens with zero attached hydrogens (tertiary/aromatic N) is 2. The van der Waals surface area contributed by atoms with E-state index >= 15 is 0 Å². The smallest absolute Gasteiger partial charge is 0.237 e. The molecule has 1 N–H and O–H groups in total. The van der Waals surface area contributed by atoms with Crippen molar-refractivity contribution in [2.24, 2.45) is 0 Å². The van der Waals surface area contributed by atoms with E-state index in [4.69, 9.17) is 23.2 Å². The number of carbonyl (C=O) groups is 1. The third-order valence-electron chi connectivity index (χ3n) is 3.08. The Kier molecular flexibility index (Phi) is 5.06. The first-order valence-corrected chi connectivity index (χ1v) is 9.17. The molecule has 2 aromatic heterocycles. The number of fused-ring (bicyclic) bond motifs is 1. The number of carbonyl (C=O) groups excluding carboxylic acids is 1. The van der Waals surface area contributed by atoms with Gasteiger partial charge in [0, 0.05) is 0 Å². The molecule has 1 amide bonds. The number of nitrogens with one attached hydrogen (secondary N) is 1. The first-order chi connectivity index (χ1) is 11.1. The molecule has 2 heterocycles. The van der Waals surface area contributed by atoms with E-state index in [1.165, 1.54) is 18.1 Å². The molecule has 0 radical (unpaired) electrons. The Labute approximate surface area is 151 Å². The summed E-state index contributed by atoms with van der Waals surface area (Å²) in [7, 11) is 0. The van der Waals surface area contributed by atoms with E-state index in [-0.39, 0.29) is 11.2 Å². The van der Waals surface area contributed by atoms with Crippen LogP contribution in [-0.2, 0) is 4.79 Å². The Bertz CT molecular complexity index is 869. The molecule has 0 saturated heterocycles. The molecule has 0 aliphatic rings. The van der Waals surface area contributed by atoms with Gasteiger partial charge in [-0.15, -0.1) is 11.3 Å². The Morgan fingerprint density at radius 3 is 2.96 bits per heavy atom. The molecule has 3 rings (SSSR count). The molecule has 8 heteroatoms. The van der Waals surface area contributed by atoms with Gasteiger partial charge in [-0.2, -0.15) is 0 Å². The van der Waals surface area contributed by atoms with E-state index in [1.54, 1.807) is 29.5 Å². The number of anilines is 1. The van der Waals surface area contributed by atoms with Gasteiger partial charge in [-0.25, -0.2) is 9.97 Å². The standard InChI is InChI=1S/C15H11Cl2N3OS2/c1-8(14(21)20-10-4-2-3-9(16)12(10)17)23-15-13-11(5-6-22-13)18-7-19-15/h2-8H,1H3,(H,20,21). The van der Waals surface area contributed by atoms with Gasteiger partial charge in [0.25, 0.3) is 0 Å². The molecular formula is C15H11Cl2N3OS2. The maximum Gasteiger partial charge on any atom is 0.237 e. The number of benzene rings is 1. The van der Waals surface area contributed by atoms with Crippen LogP contribution in [0.2, 0.25) is 10.0 Å². The predicted octanol–water partition coefficient (Wildman–Crippen LogP) is 5.12. The number of halogens is 2. The molecule has 4 nitrogen and oxygen atoms in total. The molecule has 3 aromatic rings. The van der Waals surface area contributed by atoms with E-state index in [0.29, 0.717) is 15.7 Å². The van der Waals surface area contributed by atoms with Crippen LogP contribution in [0.15, 0.2) is 41.0 Å². The fourth-order valence-electron chi connectivity index (χ4n) is 1.91. The monoisotopic (exact) mass is 383 g/mol. The van der Waals surface area contributed by atoms with Crippen LogP contribution in [0.1, 0.15) is 6.92 Å². The zero-order chi connectivity index (χ0) is 16.4. The second kappa shape index (κ2) is 7.05. The van der Waals surface area contributed by atoms with Crippen LogP contribution in [0.5, 0.6) is 0 Å². The average Bonchev–Trinajstić information content (AvgIpc) is 3.01. The number of hydrogen-bond donors (Lipinski definition) is 1. The van der Waals surface area contributed by atoms with Crippen LogP contribution in [0.25, 0.3) is 10.2 Å². The Hall–Kier alpha value is -1.34. The summed E-state index contributed by atoms with van der Waals surface area (Å²) in [5.74, 6) is -0.164. The van der Waals surface area contributed by atoms with Crippen LogP contribution in [-0.4, -0.2) is 21.1 Å². The number of rotatable bonds is 4. The number of hydrogen-bond acceptors (Lipinski definition) is 5. The SMILES string of the molecule is CC(Sc1ncnc2ccsc12)C(=O)Nc1cccc(Cl)c1Cl. The summed E-state index contributed by atoms with van der Waals surface area (Å²) in [6.45, 7) is 1.82. The summed E-state index contributed by atoms with van der Waals surface area (Å²) in [6, 6.07) is 7.06. The van der Waals surface area contributed by atoms with Crippen LogP contribution >= 0.6 is 46.3 Å². The highest BCUT2D eigenvalue weighted by Crippen LogP contribution is 2.33. The lowest BCUT2D eigenvalue weighted by Crippen LogP contribution is -2.22. The van der Waals surface area contributed by atoms with Gasteiger partial charge in [0.15, 0.2) is 0 Å². The van der Waals surface area contributed by atoms with Crippen molar-refractivity contribution in [3.05, 3.63) is 46.0 Å². The summed E-state index contributed by atoms with van der Waals surface area (Å²) < 4.78 is 0.984. The fourth-order valence-corrected chi connectivity index (χ4v) is 4.09. The molecule has 1 unspecified atom stereocenters. The lowest BCUT2D eigenvalue weighted by atomic mass is 10.3. The van der Waals surface area contributed by atoms with E-state index in [0.717, 1.165) is 15.2 Å². The molecular weight excluding hydrogens is 373 g/mol. The number of thiophene rings is 1. The lowest BCUT2D eigenvalue weighted by molar-refractivity contribution is -0.115. The molecule has 0 fully saturated rings. The van der Waals surface area contributed by atoms with Crippen molar-refractivity contribution in [1.29, 1.82) is 0 Å². The van der Waals surface area contributed by atoms with Crippen molar-refractivity contribution in [1.82, 2.24) is 9.97 Å². The third-order valence-corrected chi connectivity index (χ3v) is 6.04. The maximum atomic E-state index is 12.4. The van der Waals surface area contributed by atoms with E-state index in [9.17, 15) is 4.79 Å². The minimum atomic E-state index is -0.342. The van der Waals surface area contributed by atoms with Gasteiger partial charge in [-0.05, 0) is 30.5 Å². The second-order valence-corrected chi connectivity index (χ2v) is 7.70. The normalized spacial score (nSPS) is 12.3. The molecule has 0 aliphatic carbocycles. The average molecular weight is 384 g/mol. The van der Waals surface area contributed by atoms with E-state index in [2.05, 4.69) is 15.3 Å². The number of aromatic nitrogens is 2. The van der Waals surface area contributed by atoms with Gasteiger partial charge < -0.3 is 5.32 Å². The quantitative estimate of drug-likeness (QED) is 0.501. The summed E-state index contributed by atoms with van der Waals surface area (Å²) >= 11 is 15.0. The molecule has 0 saturated carbocycles. The predicted molar refractivity (Wildman–Crippen MR) is 97.8 cm³/mol. The summed E-state index contributed by atoms with van der Waals surface area (Å²) in [6.07, 6.45) is 1.51. The van der Waals surface area contributed by atoms with Gasteiger partial charge in [-0.1, -0.05) is 41.0 Å².